The zero-order valence-electron chi connectivity index (χ0n) is 18.5. The lowest BCUT2D eigenvalue weighted by Crippen LogP contribution is -2.45. The van der Waals surface area contributed by atoms with Gasteiger partial charge in [0.2, 0.25) is 0 Å². The van der Waals surface area contributed by atoms with Crippen molar-refractivity contribution >= 4 is 11.7 Å². The molecule has 32 heavy (non-hydrogen) atoms. The second-order valence-corrected chi connectivity index (χ2v) is 8.25. The maximum Gasteiger partial charge on any atom is 0.253 e. The fourth-order valence-electron chi connectivity index (χ4n) is 3.98. The number of carbonyl (C=O) groups is 1. The summed E-state index contributed by atoms with van der Waals surface area (Å²) in [6, 6.07) is 9.85. The number of benzene rings is 1. The van der Waals surface area contributed by atoms with Crippen LogP contribution < -0.4 is 10.2 Å². The smallest absolute Gasteiger partial charge is 0.253 e. The van der Waals surface area contributed by atoms with Crippen LogP contribution in [0.4, 0.5) is 10.2 Å². The molecule has 3 aromatic rings. The van der Waals surface area contributed by atoms with Gasteiger partial charge >= 0.3 is 0 Å². The minimum atomic E-state index is -0.310. The van der Waals surface area contributed by atoms with Gasteiger partial charge in [-0.25, -0.2) is 9.37 Å². The Bertz CT molecular complexity index is 1060. The summed E-state index contributed by atoms with van der Waals surface area (Å²) >= 11 is 0. The number of anilines is 1. The number of rotatable bonds is 6. The van der Waals surface area contributed by atoms with E-state index >= 15 is 0 Å². The molecular formula is C25H28FN5O. The number of aromatic nitrogens is 3. The van der Waals surface area contributed by atoms with E-state index in [1.54, 1.807) is 42.9 Å². The summed E-state index contributed by atoms with van der Waals surface area (Å²) in [6.45, 7) is 5.98. The fraction of sp³-hybridized carbons (Fsp3) is 0.360. The first-order valence-corrected chi connectivity index (χ1v) is 11.1. The number of pyridine rings is 1. The van der Waals surface area contributed by atoms with Crippen LogP contribution >= 0.6 is 0 Å². The lowest BCUT2D eigenvalue weighted by Gasteiger charge is -2.34. The molecule has 0 saturated carbocycles. The lowest BCUT2D eigenvalue weighted by atomic mass is 10.0. The van der Waals surface area contributed by atoms with Gasteiger partial charge in [0.25, 0.3) is 5.91 Å². The van der Waals surface area contributed by atoms with Gasteiger partial charge in [0.1, 0.15) is 5.82 Å². The summed E-state index contributed by atoms with van der Waals surface area (Å²) < 4.78 is 13.4. The molecule has 1 saturated heterocycles. The topological polar surface area (TPSA) is 71.0 Å². The van der Waals surface area contributed by atoms with E-state index < -0.39 is 0 Å². The molecule has 6 nitrogen and oxygen atoms in total. The first kappa shape index (κ1) is 21.9. The van der Waals surface area contributed by atoms with Crippen LogP contribution in [-0.4, -0.2) is 40.0 Å². The molecular weight excluding hydrogens is 405 g/mol. The van der Waals surface area contributed by atoms with E-state index in [-0.39, 0.29) is 17.8 Å². The van der Waals surface area contributed by atoms with E-state index in [0.717, 1.165) is 43.9 Å². The van der Waals surface area contributed by atoms with Crippen LogP contribution in [0.5, 0.6) is 0 Å². The van der Waals surface area contributed by atoms with Crippen LogP contribution in [-0.2, 0) is 0 Å². The fourth-order valence-corrected chi connectivity index (χ4v) is 3.98. The molecule has 3 heterocycles. The van der Waals surface area contributed by atoms with Crippen molar-refractivity contribution < 1.29 is 9.18 Å². The zero-order chi connectivity index (χ0) is 22.5. The molecule has 1 N–H and O–H groups in total. The van der Waals surface area contributed by atoms with E-state index in [0.29, 0.717) is 22.7 Å². The molecule has 1 aliphatic heterocycles. The first-order valence-electron chi connectivity index (χ1n) is 11.1. The van der Waals surface area contributed by atoms with Crippen LogP contribution in [0.3, 0.4) is 0 Å². The van der Waals surface area contributed by atoms with E-state index in [1.807, 2.05) is 0 Å². The standard InChI is InChI=1S/C25H28FN5O/c1-3-17(2)23-24(28-12-11-27-23)31-13-9-21(10-14-31)30-25(32)19-7-8-22(29-16-19)18-5-4-6-20(26)15-18/h4-8,11-12,15-17,21H,3,9-10,13-14H2,1-2H3,(H,30,32)/t17-/m1/s1. The molecule has 1 aromatic carbocycles. The number of piperidine rings is 1. The first-order chi connectivity index (χ1) is 15.5. The van der Waals surface area contributed by atoms with Gasteiger partial charge in [-0.3, -0.25) is 14.8 Å². The largest absolute Gasteiger partial charge is 0.355 e. The Morgan fingerprint density at radius 3 is 2.62 bits per heavy atom. The molecule has 0 radical (unpaired) electrons. The van der Waals surface area contributed by atoms with Crippen molar-refractivity contribution in [3.8, 4) is 11.3 Å². The third-order valence-electron chi connectivity index (χ3n) is 6.06. The van der Waals surface area contributed by atoms with Crippen LogP contribution in [0, 0.1) is 5.82 Å². The number of nitrogens with zero attached hydrogens (tertiary/aromatic N) is 4. The Morgan fingerprint density at radius 1 is 1.16 bits per heavy atom. The third kappa shape index (κ3) is 4.93. The van der Waals surface area contributed by atoms with E-state index in [4.69, 9.17) is 0 Å². The number of hydrogen-bond donors (Lipinski definition) is 1. The zero-order valence-corrected chi connectivity index (χ0v) is 18.5. The molecule has 2 aromatic heterocycles. The number of halogens is 1. The highest BCUT2D eigenvalue weighted by Gasteiger charge is 2.25. The molecule has 1 aliphatic rings. The van der Waals surface area contributed by atoms with Gasteiger partial charge in [0.05, 0.1) is 17.0 Å². The number of nitrogens with one attached hydrogen (secondary N) is 1. The number of hydrogen-bond acceptors (Lipinski definition) is 5. The monoisotopic (exact) mass is 433 g/mol. The second kappa shape index (κ2) is 9.85. The van der Waals surface area contributed by atoms with Crippen molar-refractivity contribution in [1.82, 2.24) is 20.3 Å². The van der Waals surface area contributed by atoms with Crippen molar-refractivity contribution in [1.29, 1.82) is 0 Å². The molecule has 4 rings (SSSR count). The summed E-state index contributed by atoms with van der Waals surface area (Å²) in [5, 5.41) is 3.12. The molecule has 0 aliphatic carbocycles. The molecule has 0 unspecified atom stereocenters. The van der Waals surface area contributed by atoms with Gasteiger partial charge in [0, 0.05) is 49.2 Å². The Morgan fingerprint density at radius 2 is 1.94 bits per heavy atom. The minimum Gasteiger partial charge on any atom is -0.355 e. The normalized spacial score (nSPS) is 15.4. The van der Waals surface area contributed by atoms with Gasteiger partial charge in [-0.05, 0) is 43.5 Å². The molecule has 1 fully saturated rings. The van der Waals surface area contributed by atoms with Crippen LogP contribution in [0.25, 0.3) is 11.3 Å². The minimum absolute atomic E-state index is 0.102. The molecule has 1 atom stereocenters. The molecule has 1 amide bonds. The SMILES string of the molecule is CC[C@@H](C)c1nccnc1N1CCC(NC(=O)c2ccc(-c3cccc(F)c3)nc2)CC1. The summed E-state index contributed by atoms with van der Waals surface area (Å²) in [5.74, 6) is 0.875. The van der Waals surface area contributed by atoms with E-state index in [9.17, 15) is 9.18 Å². The predicted molar refractivity (Wildman–Crippen MR) is 123 cm³/mol. The van der Waals surface area contributed by atoms with Gasteiger partial charge in [-0.2, -0.15) is 0 Å². The Kier molecular flexibility index (Phi) is 6.73. The van der Waals surface area contributed by atoms with E-state index in [2.05, 4.69) is 39.0 Å². The van der Waals surface area contributed by atoms with Crippen LogP contribution in [0.15, 0.2) is 55.0 Å². The summed E-state index contributed by atoms with van der Waals surface area (Å²) in [7, 11) is 0. The van der Waals surface area contributed by atoms with Crippen molar-refractivity contribution in [3.63, 3.8) is 0 Å². The quantitative estimate of drug-likeness (QED) is 0.616. The van der Waals surface area contributed by atoms with Gasteiger partial charge < -0.3 is 10.2 Å². The van der Waals surface area contributed by atoms with E-state index in [1.165, 1.54) is 12.1 Å². The van der Waals surface area contributed by atoms with Gasteiger partial charge in [0.15, 0.2) is 5.82 Å². The molecule has 0 spiro atoms. The highest BCUT2D eigenvalue weighted by molar-refractivity contribution is 5.94. The average molecular weight is 434 g/mol. The predicted octanol–water partition coefficient (Wildman–Crippen LogP) is 4.59. The van der Waals surface area contributed by atoms with Crippen molar-refractivity contribution in [2.75, 3.05) is 18.0 Å². The van der Waals surface area contributed by atoms with Crippen molar-refractivity contribution in [2.45, 2.75) is 45.1 Å². The average Bonchev–Trinajstić information content (AvgIpc) is 2.84. The van der Waals surface area contributed by atoms with Gasteiger partial charge in [-0.1, -0.05) is 26.0 Å². The second-order valence-electron chi connectivity index (χ2n) is 8.25. The summed E-state index contributed by atoms with van der Waals surface area (Å²) in [4.78, 5) is 28.5. The maximum atomic E-state index is 13.4. The molecule has 7 heteroatoms. The van der Waals surface area contributed by atoms with Gasteiger partial charge in [-0.15, -0.1) is 0 Å². The summed E-state index contributed by atoms with van der Waals surface area (Å²) in [6.07, 6.45) is 7.75. The third-order valence-corrected chi connectivity index (χ3v) is 6.06. The Balaban J connectivity index is 1.35. The Hall–Kier alpha value is -3.35. The highest BCUT2D eigenvalue weighted by atomic mass is 19.1. The van der Waals surface area contributed by atoms with Crippen LogP contribution in [0.1, 0.15) is 55.1 Å². The van der Waals surface area contributed by atoms with Crippen LogP contribution in [0.2, 0.25) is 0 Å². The Labute approximate surface area is 187 Å². The van der Waals surface area contributed by atoms with Crippen molar-refractivity contribution in [3.05, 3.63) is 72.1 Å². The highest BCUT2D eigenvalue weighted by Crippen LogP contribution is 2.27. The molecule has 0 bridgehead atoms. The number of amides is 1. The number of carbonyl (C=O) groups excluding carboxylic acids is 1. The van der Waals surface area contributed by atoms with Crippen molar-refractivity contribution in [2.24, 2.45) is 0 Å². The maximum absolute atomic E-state index is 13.4. The lowest BCUT2D eigenvalue weighted by molar-refractivity contribution is 0.0930. The molecule has 166 valence electrons. The summed E-state index contributed by atoms with van der Waals surface area (Å²) in [5.41, 5.74) is 2.86.